The minimum atomic E-state index is -0.824. The molecule has 25 heavy (non-hydrogen) atoms. The fourth-order valence-electron chi connectivity index (χ4n) is 2.83. The van der Waals surface area contributed by atoms with Gasteiger partial charge in [0.2, 0.25) is 0 Å². The Morgan fingerprint density at radius 3 is 2.68 bits per heavy atom. The van der Waals surface area contributed by atoms with Crippen LogP contribution in [0.15, 0.2) is 24.7 Å². The summed E-state index contributed by atoms with van der Waals surface area (Å²) in [5.74, 6) is -0.485. The average molecular weight is 361 g/mol. The number of hydrogen-bond donors (Lipinski definition) is 2. The number of aliphatic carboxylic acids is 1. The molecule has 132 valence electrons. The predicted molar refractivity (Wildman–Crippen MR) is 92.3 cm³/mol. The Morgan fingerprint density at radius 2 is 2.04 bits per heavy atom. The van der Waals surface area contributed by atoms with E-state index in [4.69, 9.17) is 5.11 Å². The molecule has 8 nitrogen and oxygen atoms in total. The second kappa shape index (κ2) is 7.66. The van der Waals surface area contributed by atoms with Crippen LogP contribution in [0.2, 0.25) is 0 Å². The van der Waals surface area contributed by atoms with E-state index >= 15 is 0 Å². The lowest BCUT2D eigenvalue weighted by molar-refractivity contribution is -0.139. The average Bonchev–Trinajstić information content (AvgIpc) is 3.06. The highest BCUT2D eigenvalue weighted by Gasteiger charge is 2.35. The maximum absolute atomic E-state index is 12.3. The van der Waals surface area contributed by atoms with Gasteiger partial charge in [-0.05, 0) is 25.5 Å². The molecular weight excluding hydrogens is 342 g/mol. The van der Waals surface area contributed by atoms with Crippen LogP contribution >= 0.6 is 11.3 Å². The molecule has 1 amide bonds. The number of nitrogens with one attached hydrogen (secondary N) is 1. The number of aromatic nitrogens is 3. The molecule has 1 saturated carbocycles. The van der Waals surface area contributed by atoms with Gasteiger partial charge in [0.15, 0.2) is 10.8 Å². The zero-order valence-corrected chi connectivity index (χ0v) is 14.6. The van der Waals surface area contributed by atoms with Crippen LogP contribution in [0, 0.1) is 0 Å². The number of likely N-dealkylation sites (N-methyl/N-ethyl adjacent to an activating group) is 1. The maximum atomic E-state index is 12.3. The number of amides is 1. The SMILES string of the molecule is CCN(CC(=O)O)C1CC(NC(=O)c2cnc(-c3ncccn3)s2)C1. The lowest BCUT2D eigenvalue weighted by Gasteiger charge is -2.42. The third kappa shape index (κ3) is 4.18. The van der Waals surface area contributed by atoms with Crippen molar-refractivity contribution in [2.45, 2.75) is 31.8 Å². The van der Waals surface area contributed by atoms with E-state index < -0.39 is 5.97 Å². The molecule has 0 atom stereocenters. The van der Waals surface area contributed by atoms with Crippen LogP contribution in [0.25, 0.3) is 10.8 Å². The smallest absolute Gasteiger partial charge is 0.317 e. The van der Waals surface area contributed by atoms with Gasteiger partial charge in [-0.1, -0.05) is 6.92 Å². The van der Waals surface area contributed by atoms with Crippen molar-refractivity contribution in [3.05, 3.63) is 29.5 Å². The van der Waals surface area contributed by atoms with Crippen LogP contribution in [0.5, 0.6) is 0 Å². The normalized spacial score (nSPS) is 19.4. The van der Waals surface area contributed by atoms with Crippen LogP contribution in [-0.2, 0) is 4.79 Å². The first-order valence-corrected chi connectivity index (χ1v) is 8.88. The molecule has 0 radical (unpaired) electrons. The van der Waals surface area contributed by atoms with Gasteiger partial charge >= 0.3 is 5.97 Å². The number of thiazole rings is 1. The van der Waals surface area contributed by atoms with Gasteiger partial charge in [0.05, 0.1) is 12.7 Å². The molecule has 0 aromatic carbocycles. The summed E-state index contributed by atoms with van der Waals surface area (Å²) in [4.78, 5) is 38.1. The monoisotopic (exact) mass is 361 g/mol. The zero-order valence-electron chi connectivity index (χ0n) is 13.8. The van der Waals surface area contributed by atoms with Gasteiger partial charge < -0.3 is 10.4 Å². The largest absolute Gasteiger partial charge is 0.480 e. The Labute approximate surface area is 148 Å². The molecule has 1 aliphatic rings. The summed E-state index contributed by atoms with van der Waals surface area (Å²) in [6, 6.07) is 2.00. The Bertz CT molecular complexity index is 745. The third-order valence-electron chi connectivity index (χ3n) is 4.20. The van der Waals surface area contributed by atoms with Crippen molar-refractivity contribution in [1.29, 1.82) is 0 Å². The van der Waals surface area contributed by atoms with E-state index in [1.54, 1.807) is 18.5 Å². The lowest BCUT2D eigenvalue weighted by Crippen LogP contribution is -2.54. The summed E-state index contributed by atoms with van der Waals surface area (Å²) in [5, 5.41) is 12.5. The van der Waals surface area contributed by atoms with E-state index in [2.05, 4.69) is 20.3 Å². The van der Waals surface area contributed by atoms with Gasteiger partial charge in [-0.15, -0.1) is 11.3 Å². The molecule has 9 heteroatoms. The first kappa shape index (κ1) is 17.4. The molecule has 0 saturated heterocycles. The van der Waals surface area contributed by atoms with Crippen molar-refractivity contribution in [3.8, 4) is 10.8 Å². The standard InChI is InChI=1S/C16H19N5O3S/c1-2-21(9-13(22)23)11-6-10(7-11)20-15(24)12-8-19-16(25-12)14-17-4-3-5-18-14/h3-5,8,10-11H,2,6-7,9H2,1H3,(H,20,24)(H,22,23). The van der Waals surface area contributed by atoms with Crippen LogP contribution in [0.1, 0.15) is 29.4 Å². The zero-order chi connectivity index (χ0) is 17.8. The third-order valence-corrected chi connectivity index (χ3v) is 5.19. The number of carbonyl (C=O) groups is 2. The van der Waals surface area contributed by atoms with E-state index in [0.29, 0.717) is 22.3 Å². The lowest BCUT2D eigenvalue weighted by atomic mass is 9.85. The van der Waals surface area contributed by atoms with E-state index in [9.17, 15) is 9.59 Å². The number of hydrogen-bond acceptors (Lipinski definition) is 7. The summed E-state index contributed by atoms with van der Waals surface area (Å²) < 4.78 is 0. The van der Waals surface area contributed by atoms with E-state index in [1.807, 2.05) is 11.8 Å². The van der Waals surface area contributed by atoms with E-state index in [-0.39, 0.29) is 24.5 Å². The fourth-order valence-corrected chi connectivity index (χ4v) is 3.59. The van der Waals surface area contributed by atoms with Crippen molar-refractivity contribution in [3.63, 3.8) is 0 Å². The number of carboxylic acids is 1. The van der Waals surface area contributed by atoms with Crippen LogP contribution < -0.4 is 5.32 Å². The number of carbonyl (C=O) groups excluding carboxylic acids is 1. The highest BCUT2D eigenvalue weighted by molar-refractivity contribution is 7.16. The maximum Gasteiger partial charge on any atom is 0.317 e. The topological polar surface area (TPSA) is 108 Å². The van der Waals surface area contributed by atoms with Crippen molar-refractivity contribution < 1.29 is 14.7 Å². The molecule has 2 aromatic heterocycles. The van der Waals surface area contributed by atoms with Crippen LogP contribution in [-0.4, -0.2) is 62.0 Å². The Kier molecular flexibility index (Phi) is 5.34. The predicted octanol–water partition coefficient (Wildman–Crippen LogP) is 1.27. The minimum Gasteiger partial charge on any atom is -0.480 e. The Hall–Kier alpha value is -2.39. The minimum absolute atomic E-state index is 0.0388. The quantitative estimate of drug-likeness (QED) is 0.764. The van der Waals surface area contributed by atoms with Gasteiger partial charge in [0.25, 0.3) is 5.91 Å². The summed E-state index contributed by atoms with van der Waals surface area (Å²) in [6.07, 6.45) is 6.33. The van der Waals surface area contributed by atoms with Crippen molar-refractivity contribution in [1.82, 2.24) is 25.2 Å². The molecule has 1 fully saturated rings. The molecule has 3 rings (SSSR count). The molecule has 0 bridgehead atoms. The van der Waals surface area contributed by atoms with Crippen LogP contribution in [0.3, 0.4) is 0 Å². The van der Waals surface area contributed by atoms with Crippen molar-refractivity contribution in [2.75, 3.05) is 13.1 Å². The van der Waals surface area contributed by atoms with Crippen molar-refractivity contribution in [2.24, 2.45) is 0 Å². The Morgan fingerprint density at radius 1 is 1.32 bits per heavy atom. The van der Waals surface area contributed by atoms with Gasteiger partial charge in [-0.25, -0.2) is 15.0 Å². The fraction of sp³-hybridized carbons (Fsp3) is 0.438. The highest BCUT2D eigenvalue weighted by Crippen LogP contribution is 2.27. The molecule has 0 aliphatic heterocycles. The number of rotatable bonds is 7. The van der Waals surface area contributed by atoms with Gasteiger partial charge in [0, 0.05) is 24.5 Å². The molecular formula is C16H19N5O3S. The molecule has 2 N–H and O–H groups in total. The molecule has 0 unspecified atom stereocenters. The van der Waals surface area contributed by atoms with Crippen molar-refractivity contribution >= 4 is 23.2 Å². The molecule has 2 heterocycles. The second-order valence-electron chi connectivity index (χ2n) is 5.85. The summed E-state index contributed by atoms with van der Waals surface area (Å²) in [6.45, 7) is 2.67. The summed E-state index contributed by atoms with van der Waals surface area (Å²) in [7, 11) is 0. The summed E-state index contributed by atoms with van der Waals surface area (Å²) >= 11 is 1.25. The van der Waals surface area contributed by atoms with Gasteiger partial charge in [0.1, 0.15) is 4.88 Å². The van der Waals surface area contributed by atoms with Gasteiger partial charge in [-0.2, -0.15) is 0 Å². The first-order valence-electron chi connectivity index (χ1n) is 8.06. The molecule has 2 aromatic rings. The highest BCUT2D eigenvalue weighted by atomic mass is 32.1. The first-order chi connectivity index (χ1) is 12.1. The van der Waals surface area contributed by atoms with Crippen LogP contribution in [0.4, 0.5) is 0 Å². The molecule has 1 aliphatic carbocycles. The second-order valence-corrected chi connectivity index (χ2v) is 6.89. The summed E-state index contributed by atoms with van der Waals surface area (Å²) in [5.41, 5.74) is 0. The molecule has 0 spiro atoms. The van der Waals surface area contributed by atoms with Gasteiger partial charge in [-0.3, -0.25) is 14.5 Å². The Balaban J connectivity index is 1.53. The van der Waals surface area contributed by atoms with E-state index in [0.717, 1.165) is 12.8 Å². The number of carboxylic acid groups (broad SMARTS) is 1. The number of nitrogens with zero attached hydrogens (tertiary/aromatic N) is 4. The van der Waals surface area contributed by atoms with E-state index in [1.165, 1.54) is 17.5 Å².